The smallest absolute Gasteiger partial charge is 0.253 e. The number of sulfonamides is 1. The minimum Gasteiger partial charge on any atom is -0.493 e. The summed E-state index contributed by atoms with van der Waals surface area (Å²) in [6, 6.07) is 13.3. The zero-order valence-electron chi connectivity index (χ0n) is 18.4. The summed E-state index contributed by atoms with van der Waals surface area (Å²) in [5.74, 6) is 0.119. The number of halogens is 1. The highest BCUT2D eigenvalue weighted by atomic mass is 35.5. The maximum atomic E-state index is 13.2. The molecule has 0 unspecified atom stereocenters. The Bertz CT molecular complexity index is 1220. The van der Waals surface area contributed by atoms with E-state index in [1.54, 1.807) is 42.7 Å². The van der Waals surface area contributed by atoms with Crippen LogP contribution >= 0.6 is 11.6 Å². The number of benzene rings is 2. The third-order valence-corrected chi connectivity index (χ3v) is 6.21. The molecule has 0 aliphatic carbocycles. The second-order valence-corrected chi connectivity index (χ2v) is 9.51. The van der Waals surface area contributed by atoms with E-state index in [0.717, 1.165) is 16.1 Å². The number of nitrogens with zero attached hydrogens (tertiary/aromatic N) is 2. The first-order valence-corrected chi connectivity index (χ1v) is 12.1. The molecule has 33 heavy (non-hydrogen) atoms. The Hall–Kier alpha value is -3.30. The number of pyridine rings is 1. The summed E-state index contributed by atoms with van der Waals surface area (Å²) in [4.78, 5) is 17.2. The predicted molar refractivity (Wildman–Crippen MR) is 127 cm³/mol. The minimum atomic E-state index is -3.78. The second-order valence-electron chi connectivity index (χ2n) is 7.16. The van der Waals surface area contributed by atoms with E-state index in [2.05, 4.69) is 10.3 Å². The lowest BCUT2D eigenvalue weighted by atomic mass is 10.1. The number of methoxy groups -OCH3 is 2. The van der Waals surface area contributed by atoms with E-state index in [1.165, 1.54) is 26.4 Å². The van der Waals surface area contributed by atoms with Crippen molar-refractivity contribution in [2.45, 2.75) is 13.1 Å². The highest BCUT2D eigenvalue weighted by molar-refractivity contribution is 7.92. The number of aromatic nitrogens is 1. The van der Waals surface area contributed by atoms with Crippen LogP contribution in [0.3, 0.4) is 0 Å². The van der Waals surface area contributed by atoms with Gasteiger partial charge in [0.15, 0.2) is 11.5 Å². The summed E-state index contributed by atoms with van der Waals surface area (Å²) in [5.41, 5.74) is 1.78. The fourth-order valence-electron chi connectivity index (χ4n) is 3.17. The van der Waals surface area contributed by atoms with Gasteiger partial charge >= 0.3 is 0 Å². The van der Waals surface area contributed by atoms with Crippen molar-refractivity contribution in [3.05, 3.63) is 82.6 Å². The summed E-state index contributed by atoms with van der Waals surface area (Å²) < 4.78 is 37.5. The van der Waals surface area contributed by atoms with E-state index in [-0.39, 0.29) is 24.3 Å². The number of carbonyl (C=O) groups is 1. The van der Waals surface area contributed by atoms with Crippen molar-refractivity contribution in [1.82, 2.24) is 10.3 Å². The summed E-state index contributed by atoms with van der Waals surface area (Å²) in [6.45, 7) is 0.213. The lowest BCUT2D eigenvalue weighted by Crippen LogP contribution is -2.32. The van der Waals surface area contributed by atoms with Crippen molar-refractivity contribution in [2.24, 2.45) is 0 Å². The average molecular weight is 490 g/mol. The molecule has 1 amide bonds. The molecule has 2 aromatic carbocycles. The number of carbonyl (C=O) groups excluding carboxylic acids is 1. The molecule has 0 radical (unpaired) electrons. The van der Waals surface area contributed by atoms with Crippen molar-refractivity contribution in [1.29, 1.82) is 0 Å². The molecule has 0 spiro atoms. The van der Waals surface area contributed by atoms with E-state index >= 15 is 0 Å². The van der Waals surface area contributed by atoms with Crippen molar-refractivity contribution < 1.29 is 22.7 Å². The molecule has 0 bridgehead atoms. The zero-order chi connectivity index (χ0) is 24.0. The van der Waals surface area contributed by atoms with Crippen LogP contribution in [0, 0.1) is 0 Å². The minimum absolute atomic E-state index is 0.00558. The van der Waals surface area contributed by atoms with Crippen LogP contribution in [0.15, 0.2) is 60.9 Å². The Balaban J connectivity index is 2.05. The van der Waals surface area contributed by atoms with Gasteiger partial charge in [-0.3, -0.25) is 14.1 Å². The highest BCUT2D eigenvalue weighted by Gasteiger charge is 2.26. The fourth-order valence-corrected chi connectivity index (χ4v) is 4.19. The number of rotatable bonds is 9. The van der Waals surface area contributed by atoms with Crippen LogP contribution in [-0.4, -0.2) is 39.8 Å². The van der Waals surface area contributed by atoms with E-state index in [0.29, 0.717) is 22.1 Å². The molecule has 10 heteroatoms. The first-order chi connectivity index (χ1) is 15.7. The quantitative estimate of drug-likeness (QED) is 0.492. The Morgan fingerprint density at radius 3 is 2.30 bits per heavy atom. The summed E-state index contributed by atoms with van der Waals surface area (Å²) in [6.07, 6.45) is 4.36. The Labute approximate surface area is 198 Å². The molecule has 0 fully saturated rings. The molecule has 1 heterocycles. The number of amides is 1. The molecule has 0 saturated heterocycles. The largest absolute Gasteiger partial charge is 0.493 e. The van der Waals surface area contributed by atoms with Crippen LogP contribution in [0.5, 0.6) is 11.5 Å². The van der Waals surface area contributed by atoms with Crippen LogP contribution in [0.2, 0.25) is 5.02 Å². The molecule has 0 atom stereocenters. The first kappa shape index (κ1) is 24.3. The van der Waals surface area contributed by atoms with Crippen LogP contribution < -0.4 is 19.1 Å². The Morgan fingerprint density at radius 2 is 1.73 bits per heavy atom. The lowest BCUT2D eigenvalue weighted by molar-refractivity contribution is 0.0951. The first-order valence-electron chi connectivity index (χ1n) is 9.88. The van der Waals surface area contributed by atoms with Gasteiger partial charge in [-0.1, -0.05) is 29.8 Å². The van der Waals surface area contributed by atoms with Gasteiger partial charge in [-0.15, -0.1) is 0 Å². The highest BCUT2D eigenvalue weighted by Crippen LogP contribution is 2.37. The zero-order valence-corrected chi connectivity index (χ0v) is 20.0. The molecule has 174 valence electrons. The van der Waals surface area contributed by atoms with Crippen LogP contribution in [0.25, 0.3) is 0 Å². The normalized spacial score (nSPS) is 11.0. The number of hydrogen-bond acceptors (Lipinski definition) is 6. The number of ether oxygens (including phenoxy) is 2. The van der Waals surface area contributed by atoms with Crippen molar-refractivity contribution in [3.8, 4) is 11.5 Å². The molecule has 3 rings (SSSR count). The SMILES string of the molecule is COc1cc(C(=O)NCc2cccnc2)c(N(Cc2ccc(Cl)cc2)S(C)(=O)=O)cc1OC. The van der Waals surface area contributed by atoms with Gasteiger partial charge in [0.2, 0.25) is 10.0 Å². The summed E-state index contributed by atoms with van der Waals surface area (Å²) in [7, 11) is -0.900. The molecule has 0 saturated carbocycles. The van der Waals surface area contributed by atoms with E-state index in [1.807, 2.05) is 6.07 Å². The molecule has 0 aliphatic rings. The third-order valence-electron chi connectivity index (χ3n) is 4.83. The lowest BCUT2D eigenvalue weighted by Gasteiger charge is -2.26. The predicted octanol–water partition coefficient (Wildman–Crippen LogP) is 3.65. The van der Waals surface area contributed by atoms with Gasteiger partial charge in [0, 0.05) is 30.0 Å². The van der Waals surface area contributed by atoms with Crippen molar-refractivity contribution >= 4 is 33.2 Å². The number of anilines is 1. The second kappa shape index (κ2) is 10.5. The number of hydrogen-bond donors (Lipinski definition) is 1. The van der Waals surface area contributed by atoms with Crippen LogP contribution in [0.1, 0.15) is 21.5 Å². The van der Waals surface area contributed by atoms with Gasteiger partial charge in [-0.05, 0) is 35.4 Å². The van der Waals surface area contributed by atoms with E-state index in [9.17, 15) is 13.2 Å². The fraction of sp³-hybridized carbons (Fsp3) is 0.217. The van der Waals surface area contributed by atoms with Gasteiger partial charge in [0.1, 0.15) is 0 Å². The van der Waals surface area contributed by atoms with Crippen LogP contribution in [-0.2, 0) is 23.1 Å². The van der Waals surface area contributed by atoms with Gasteiger partial charge in [-0.2, -0.15) is 0 Å². The molecule has 8 nitrogen and oxygen atoms in total. The van der Waals surface area contributed by atoms with Gasteiger partial charge in [0.25, 0.3) is 5.91 Å². The maximum Gasteiger partial charge on any atom is 0.253 e. The number of nitrogens with one attached hydrogen (secondary N) is 1. The Kier molecular flexibility index (Phi) is 7.78. The molecular weight excluding hydrogens is 466 g/mol. The monoisotopic (exact) mass is 489 g/mol. The standard InChI is InChI=1S/C23H24ClN3O5S/c1-31-21-11-19(23(28)26-14-17-5-4-10-25-13-17)20(12-22(21)32-2)27(33(3,29)30)15-16-6-8-18(24)9-7-16/h4-13H,14-15H2,1-3H3,(H,26,28). The van der Waals surface area contributed by atoms with Gasteiger partial charge in [-0.25, -0.2) is 8.42 Å². The topological polar surface area (TPSA) is 97.8 Å². The maximum absolute atomic E-state index is 13.2. The van der Waals surface area contributed by atoms with Crippen molar-refractivity contribution in [3.63, 3.8) is 0 Å². The summed E-state index contributed by atoms with van der Waals surface area (Å²) in [5, 5.41) is 3.34. The van der Waals surface area contributed by atoms with Crippen molar-refractivity contribution in [2.75, 3.05) is 24.8 Å². The average Bonchev–Trinajstić information content (AvgIpc) is 2.81. The molecule has 3 aromatic rings. The molecule has 0 aliphatic heterocycles. The molecule has 1 N–H and O–H groups in total. The van der Waals surface area contributed by atoms with E-state index in [4.69, 9.17) is 21.1 Å². The molecular formula is C23H24ClN3O5S. The van der Waals surface area contributed by atoms with E-state index < -0.39 is 15.9 Å². The van der Waals surface area contributed by atoms with Gasteiger partial charge < -0.3 is 14.8 Å². The summed E-state index contributed by atoms with van der Waals surface area (Å²) >= 11 is 5.96. The molecule has 1 aromatic heterocycles. The van der Waals surface area contributed by atoms with Crippen LogP contribution in [0.4, 0.5) is 5.69 Å². The third kappa shape index (κ3) is 6.15. The van der Waals surface area contributed by atoms with Gasteiger partial charge in [0.05, 0.1) is 38.3 Å². The Morgan fingerprint density at radius 1 is 1.06 bits per heavy atom.